The van der Waals surface area contributed by atoms with Crippen LogP contribution in [0.5, 0.6) is 0 Å². The molecule has 1 aliphatic rings. The molecule has 1 saturated heterocycles. The molecule has 1 aliphatic heterocycles. The maximum absolute atomic E-state index is 10.6. The first-order chi connectivity index (χ1) is 13.6. The minimum atomic E-state index is -1.05. The molecule has 2 aromatic heterocycles. The van der Waals surface area contributed by atoms with Gasteiger partial charge in [0.1, 0.15) is 17.7 Å². The van der Waals surface area contributed by atoms with Crippen molar-refractivity contribution in [3.05, 3.63) is 6.33 Å². The lowest BCUT2D eigenvalue weighted by molar-refractivity contribution is -0.0289. The van der Waals surface area contributed by atoms with Crippen LogP contribution in [-0.4, -0.2) is 65.3 Å². The largest absolute Gasteiger partial charge is 0.387 e. The van der Waals surface area contributed by atoms with Gasteiger partial charge in [-0.3, -0.25) is 4.57 Å². The van der Waals surface area contributed by atoms with Gasteiger partial charge in [0.15, 0.2) is 22.8 Å². The molecule has 0 spiro atoms. The number of unbranched alkanes of at least 4 members (excludes halogenated alkanes) is 2. The summed E-state index contributed by atoms with van der Waals surface area (Å²) in [5.41, 5.74) is 7.05. The Labute approximate surface area is 173 Å². The number of nitrogen functional groups attached to an aromatic ring is 1. The molecule has 3 heterocycles. The molecule has 0 aromatic carbocycles. The Morgan fingerprint density at radius 2 is 1.89 bits per heavy atom. The van der Waals surface area contributed by atoms with Crippen molar-refractivity contribution >= 4 is 40.5 Å². The highest BCUT2D eigenvalue weighted by atomic mass is 32.2. The van der Waals surface area contributed by atoms with Gasteiger partial charge >= 0.3 is 0 Å². The van der Waals surface area contributed by atoms with Gasteiger partial charge in [-0.15, -0.1) is 0 Å². The highest BCUT2D eigenvalue weighted by molar-refractivity contribution is 7.99. The third-order valence-electron chi connectivity index (χ3n) is 4.69. The third-order valence-corrected chi connectivity index (χ3v) is 6.77. The molecule has 10 heteroatoms. The number of aliphatic hydroxyl groups excluding tert-OH is 2. The van der Waals surface area contributed by atoms with Crippen molar-refractivity contribution in [3.63, 3.8) is 0 Å². The van der Waals surface area contributed by atoms with E-state index in [1.54, 1.807) is 34.4 Å². The maximum atomic E-state index is 10.6. The highest BCUT2D eigenvalue weighted by Gasteiger charge is 2.44. The van der Waals surface area contributed by atoms with Gasteiger partial charge in [-0.2, -0.15) is 11.8 Å². The zero-order valence-electron chi connectivity index (χ0n) is 16.3. The molecule has 4 N–H and O–H groups in total. The fourth-order valence-electron chi connectivity index (χ4n) is 3.02. The highest BCUT2D eigenvalue weighted by Crippen LogP contribution is 2.34. The Bertz CT molecular complexity index is 775. The molecule has 3 rings (SSSR count). The molecule has 0 amide bonds. The number of nitrogens with zero attached hydrogens (tertiary/aromatic N) is 4. The average molecular weight is 428 g/mol. The Kier molecular flexibility index (Phi) is 7.81. The summed E-state index contributed by atoms with van der Waals surface area (Å²) in [6, 6.07) is 0. The summed E-state index contributed by atoms with van der Waals surface area (Å²) in [6.45, 7) is 4.28. The van der Waals surface area contributed by atoms with E-state index >= 15 is 0 Å². The van der Waals surface area contributed by atoms with Crippen LogP contribution in [0.25, 0.3) is 11.2 Å². The quantitative estimate of drug-likeness (QED) is 0.298. The van der Waals surface area contributed by atoms with Gasteiger partial charge < -0.3 is 20.7 Å². The second kappa shape index (κ2) is 10.1. The number of anilines is 1. The molecule has 2 aromatic rings. The summed E-state index contributed by atoms with van der Waals surface area (Å²) < 4.78 is 7.65. The van der Waals surface area contributed by atoms with Crippen LogP contribution in [0.15, 0.2) is 11.5 Å². The minimum Gasteiger partial charge on any atom is -0.387 e. The first kappa shape index (κ1) is 21.6. The van der Waals surface area contributed by atoms with Crippen LogP contribution in [0.3, 0.4) is 0 Å². The van der Waals surface area contributed by atoms with E-state index in [1.165, 1.54) is 0 Å². The second-order valence-corrected chi connectivity index (χ2v) is 9.10. The fraction of sp³-hybridized carbons (Fsp3) is 0.722. The van der Waals surface area contributed by atoms with Crippen LogP contribution >= 0.6 is 23.5 Å². The number of hydrogen-bond acceptors (Lipinski definition) is 9. The van der Waals surface area contributed by atoms with Crippen molar-refractivity contribution in [2.45, 2.75) is 69.2 Å². The molecule has 1 fully saturated rings. The Hall–Kier alpha value is -1.07. The van der Waals surface area contributed by atoms with Crippen molar-refractivity contribution in [2.24, 2.45) is 0 Å². The van der Waals surface area contributed by atoms with Crippen molar-refractivity contribution in [3.8, 4) is 0 Å². The number of fused-ring (bicyclic) bond motifs is 1. The zero-order chi connectivity index (χ0) is 20.1. The molecule has 4 unspecified atom stereocenters. The molecule has 4 atom stereocenters. The maximum Gasteiger partial charge on any atom is 0.191 e. The molecule has 8 nitrogen and oxygen atoms in total. The van der Waals surface area contributed by atoms with Gasteiger partial charge in [-0.05, 0) is 18.6 Å². The van der Waals surface area contributed by atoms with Crippen LogP contribution in [0.4, 0.5) is 5.82 Å². The van der Waals surface area contributed by atoms with E-state index in [0.29, 0.717) is 27.9 Å². The molecule has 156 valence electrons. The van der Waals surface area contributed by atoms with E-state index in [2.05, 4.69) is 28.8 Å². The number of nitrogens with two attached hydrogens (primary N) is 1. The van der Waals surface area contributed by atoms with E-state index in [4.69, 9.17) is 10.5 Å². The monoisotopic (exact) mass is 427 g/mol. The number of hydrogen-bond donors (Lipinski definition) is 3. The van der Waals surface area contributed by atoms with Crippen LogP contribution in [0.1, 0.15) is 45.8 Å². The molecule has 28 heavy (non-hydrogen) atoms. The van der Waals surface area contributed by atoms with Gasteiger partial charge in [-0.25, -0.2) is 15.0 Å². The normalized spacial score (nSPS) is 25.0. The summed E-state index contributed by atoms with van der Waals surface area (Å²) in [5, 5.41) is 21.6. The van der Waals surface area contributed by atoms with Gasteiger partial charge in [0.2, 0.25) is 0 Å². The second-order valence-electron chi connectivity index (χ2n) is 6.89. The van der Waals surface area contributed by atoms with Crippen molar-refractivity contribution < 1.29 is 14.9 Å². The smallest absolute Gasteiger partial charge is 0.191 e. The van der Waals surface area contributed by atoms with E-state index in [-0.39, 0.29) is 0 Å². The summed E-state index contributed by atoms with van der Waals surface area (Å²) in [7, 11) is 0. The number of rotatable bonds is 10. The molecule has 0 radical (unpaired) electrons. The van der Waals surface area contributed by atoms with E-state index < -0.39 is 24.5 Å². The predicted molar refractivity (Wildman–Crippen MR) is 114 cm³/mol. The fourth-order valence-corrected chi connectivity index (χ4v) is 5.12. The molecule has 0 aliphatic carbocycles. The molecular weight excluding hydrogens is 398 g/mol. The van der Waals surface area contributed by atoms with Crippen molar-refractivity contribution in [1.29, 1.82) is 0 Å². The van der Waals surface area contributed by atoms with Gasteiger partial charge in [0.25, 0.3) is 0 Å². The summed E-state index contributed by atoms with van der Waals surface area (Å²) in [6.07, 6.45) is 2.78. The standard InChI is InChI=1S/C18H29N5O3S2/c1-3-5-7-27-9-11-13(24)14(25)17(26-11)23-10-20-12-15(19)21-18(22-16(12)23)28-8-6-4-2/h10-11,13-14,17,24-25H,3-9H2,1-2H3,(H2,19,21,22). The number of thioether (sulfide) groups is 2. The van der Waals surface area contributed by atoms with Crippen molar-refractivity contribution in [2.75, 3.05) is 23.0 Å². The summed E-state index contributed by atoms with van der Waals surface area (Å²) in [4.78, 5) is 13.2. The Balaban J connectivity index is 1.78. The lowest BCUT2D eigenvalue weighted by Gasteiger charge is -2.16. The average Bonchev–Trinajstić information content (AvgIpc) is 3.22. The summed E-state index contributed by atoms with van der Waals surface area (Å²) in [5.74, 6) is 2.87. The van der Waals surface area contributed by atoms with E-state index in [9.17, 15) is 10.2 Å². The van der Waals surface area contributed by atoms with Gasteiger partial charge in [0.05, 0.1) is 12.4 Å². The topological polar surface area (TPSA) is 119 Å². The number of aromatic nitrogens is 4. The predicted octanol–water partition coefficient (Wildman–Crippen LogP) is 2.45. The zero-order valence-corrected chi connectivity index (χ0v) is 18.0. The van der Waals surface area contributed by atoms with Crippen LogP contribution in [0, 0.1) is 0 Å². The van der Waals surface area contributed by atoms with Crippen molar-refractivity contribution in [1.82, 2.24) is 19.5 Å². The third kappa shape index (κ3) is 4.73. The number of imidazole rings is 1. The van der Waals surface area contributed by atoms with Gasteiger partial charge in [-0.1, -0.05) is 38.5 Å². The number of aliphatic hydroxyl groups is 2. The lowest BCUT2D eigenvalue weighted by Crippen LogP contribution is -2.32. The first-order valence-electron chi connectivity index (χ1n) is 9.79. The molecule has 0 bridgehead atoms. The molecule has 0 saturated carbocycles. The molecular formula is C18H29N5O3S2. The lowest BCUT2D eigenvalue weighted by atomic mass is 10.1. The van der Waals surface area contributed by atoms with Crippen LogP contribution in [-0.2, 0) is 4.74 Å². The Morgan fingerprint density at radius 3 is 2.64 bits per heavy atom. The SMILES string of the molecule is CCCCSCC1OC(n2cnc3c(N)nc(SCCCC)nc32)C(O)C1O. The Morgan fingerprint density at radius 1 is 1.14 bits per heavy atom. The van der Waals surface area contributed by atoms with E-state index in [0.717, 1.165) is 37.2 Å². The van der Waals surface area contributed by atoms with Crippen LogP contribution in [0.2, 0.25) is 0 Å². The van der Waals surface area contributed by atoms with Gasteiger partial charge in [0, 0.05) is 11.5 Å². The number of ether oxygens (including phenoxy) is 1. The minimum absolute atomic E-state index is 0.308. The first-order valence-corrected chi connectivity index (χ1v) is 11.9. The summed E-state index contributed by atoms with van der Waals surface area (Å²) >= 11 is 3.28. The van der Waals surface area contributed by atoms with E-state index in [1.807, 2.05) is 0 Å². The van der Waals surface area contributed by atoms with Crippen LogP contribution < -0.4 is 5.73 Å².